The Hall–Kier alpha value is -4.51. The molecule has 12 nitrogen and oxygen atoms in total. The van der Waals surface area contributed by atoms with Gasteiger partial charge < -0.3 is 30.6 Å². The Morgan fingerprint density at radius 1 is 0.424 bits per heavy atom. The number of nitrogens with zero attached hydrogens (tertiary/aromatic N) is 6. The van der Waals surface area contributed by atoms with Crippen molar-refractivity contribution in [2.45, 2.75) is 0 Å². The fourth-order valence-corrected chi connectivity index (χ4v) is 2.18. The quantitative estimate of drug-likeness (QED) is 0.225. The first kappa shape index (κ1) is 28.5. The van der Waals surface area contributed by atoms with Crippen LogP contribution in [-0.2, 0) is 16.5 Å². The SMILES string of the molecule is O=[N+]([O-])[O-].O=[N+]([O-])[O-].[Ni+2].c1cc(-c2ccncc2)ccn1.c1cc(-c2ccncc2)ccn1. The van der Waals surface area contributed by atoms with Gasteiger partial charge in [-0.05, 0) is 70.8 Å². The van der Waals surface area contributed by atoms with E-state index >= 15 is 0 Å². The third kappa shape index (κ3) is 14.2. The van der Waals surface area contributed by atoms with E-state index in [-0.39, 0.29) is 16.5 Å². The molecule has 172 valence electrons. The fourth-order valence-electron chi connectivity index (χ4n) is 2.18. The van der Waals surface area contributed by atoms with Crippen molar-refractivity contribution in [3.05, 3.63) is 129 Å². The second-order valence-electron chi connectivity index (χ2n) is 5.39. The van der Waals surface area contributed by atoms with Crippen LogP contribution in [0.5, 0.6) is 0 Å². The van der Waals surface area contributed by atoms with Crippen LogP contribution in [0, 0.1) is 30.6 Å². The molecule has 0 atom stereocenters. The number of hydrogen-bond donors (Lipinski definition) is 0. The van der Waals surface area contributed by atoms with Crippen LogP contribution in [-0.4, -0.2) is 30.1 Å². The van der Waals surface area contributed by atoms with E-state index in [9.17, 15) is 0 Å². The first-order chi connectivity index (χ1) is 15.4. The van der Waals surface area contributed by atoms with Crippen LogP contribution in [0.3, 0.4) is 0 Å². The van der Waals surface area contributed by atoms with Crippen LogP contribution in [0.25, 0.3) is 22.3 Å². The molecule has 0 saturated carbocycles. The molecule has 13 heteroatoms. The summed E-state index contributed by atoms with van der Waals surface area (Å²) in [5.74, 6) is 0. The molecule has 0 bridgehead atoms. The molecule has 0 N–H and O–H groups in total. The van der Waals surface area contributed by atoms with Gasteiger partial charge in [0.05, 0.1) is 10.2 Å². The van der Waals surface area contributed by atoms with Crippen molar-refractivity contribution in [3.8, 4) is 22.3 Å². The van der Waals surface area contributed by atoms with Gasteiger partial charge in [0.25, 0.3) is 0 Å². The van der Waals surface area contributed by atoms with Gasteiger partial charge in [-0.1, -0.05) is 0 Å². The zero-order chi connectivity index (χ0) is 23.6. The maximum atomic E-state index is 8.25. The molecule has 0 radical (unpaired) electrons. The van der Waals surface area contributed by atoms with Gasteiger partial charge in [-0.3, -0.25) is 19.9 Å². The predicted octanol–water partition coefficient (Wildman–Crippen LogP) is 3.81. The van der Waals surface area contributed by atoms with E-state index in [2.05, 4.69) is 19.9 Å². The molecule has 0 aliphatic heterocycles. The van der Waals surface area contributed by atoms with Gasteiger partial charge >= 0.3 is 16.5 Å². The van der Waals surface area contributed by atoms with Gasteiger partial charge in [-0.25, -0.2) is 0 Å². The summed E-state index contributed by atoms with van der Waals surface area (Å²) in [6.45, 7) is 0. The minimum atomic E-state index is -1.75. The van der Waals surface area contributed by atoms with Gasteiger partial charge in [-0.15, -0.1) is 0 Å². The molecule has 0 aromatic carbocycles. The van der Waals surface area contributed by atoms with Gasteiger partial charge in [0, 0.05) is 49.6 Å². The van der Waals surface area contributed by atoms with E-state index in [1.165, 1.54) is 22.3 Å². The molecule has 0 aliphatic rings. The normalized spacial score (nSPS) is 8.48. The third-order valence-corrected chi connectivity index (χ3v) is 3.39. The second-order valence-corrected chi connectivity index (χ2v) is 5.39. The monoisotopic (exact) mass is 494 g/mol. The Balaban J connectivity index is 0.000000462. The van der Waals surface area contributed by atoms with Crippen molar-refractivity contribution >= 4 is 0 Å². The molecule has 33 heavy (non-hydrogen) atoms. The largest absolute Gasteiger partial charge is 2.00 e. The van der Waals surface area contributed by atoms with Crippen LogP contribution >= 0.6 is 0 Å². The molecular formula is C20H16N6NiO6. The van der Waals surface area contributed by atoms with Crippen molar-refractivity contribution in [2.75, 3.05) is 0 Å². The molecule has 0 fully saturated rings. The van der Waals surface area contributed by atoms with Gasteiger partial charge in [0.2, 0.25) is 0 Å². The van der Waals surface area contributed by atoms with E-state index in [1.807, 2.05) is 48.5 Å². The average molecular weight is 495 g/mol. The van der Waals surface area contributed by atoms with Crippen LogP contribution in [0.15, 0.2) is 98.1 Å². The molecule has 4 aromatic rings. The first-order valence-corrected chi connectivity index (χ1v) is 8.64. The predicted molar refractivity (Wildman–Crippen MR) is 116 cm³/mol. The maximum Gasteiger partial charge on any atom is 2.00 e. The van der Waals surface area contributed by atoms with Crippen LogP contribution in [0.1, 0.15) is 0 Å². The number of hydrogen-bond acceptors (Lipinski definition) is 10. The summed E-state index contributed by atoms with van der Waals surface area (Å²) in [4.78, 5) is 32.3. The molecule has 0 amide bonds. The summed E-state index contributed by atoms with van der Waals surface area (Å²) in [5.41, 5.74) is 4.69. The van der Waals surface area contributed by atoms with E-state index in [0.717, 1.165) is 0 Å². The Morgan fingerprint density at radius 2 is 0.545 bits per heavy atom. The standard InChI is InChI=1S/2C10H8N2.2NO3.Ni/c2*1-5-11-6-2-9(1)10-3-7-12-8-4-10;2*2-1(3)4;/h2*1-8H;;;/q;;2*-1;+2. The average Bonchev–Trinajstić information content (AvgIpc) is 2.81. The Kier molecular flexibility index (Phi) is 14.9. The summed E-state index contributed by atoms with van der Waals surface area (Å²) in [5, 5.41) is 29.5. The first-order valence-electron chi connectivity index (χ1n) is 8.64. The minimum Gasteiger partial charge on any atom is -0.356 e. The zero-order valence-corrected chi connectivity index (χ0v) is 17.7. The summed E-state index contributed by atoms with van der Waals surface area (Å²) >= 11 is 0. The smallest absolute Gasteiger partial charge is 0.356 e. The Labute approximate surface area is 197 Å². The van der Waals surface area contributed by atoms with Crippen LogP contribution in [0.4, 0.5) is 0 Å². The number of rotatable bonds is 2. The number of pyridine rings is 4. The Bertz CT molecular complexity index is 878. The molecular weight excluding hydrogens is 479 g/mol. The minimum absolute atomic E-state index is 0. The summed E-state index contributed by atoms with van der Waals surface area (Å²) < 4.78 is 0. The molecule has 4 heterocycles. The topological polar surface area (TPSA) is 184 Å². The van der Waals surface area contributed by atoms with Crippen molar-refractivity contribution in [1.29, 1.82) is 0 Å². The molecule has 0 spiro atoms. The van der Waals surface area contributed by atoms with Gasteiger partial charge in [-0.2, -0.15) is 0 Å². The van der Waals surface area contributed by atoms with E-state index in [0.29, 0.717) is 0 Å². The molecule has 0 saturated heterocycles. The van der Waals surface area contributed by atoms with E-state index in [4.69, 9.17) is 30.6 Å². The second kappa shape index (κ2) is 17.2. The molecule has 0 aliphatic carbocycles. The van der Waals surface area contributed by atoms with Crippen molar-refractivity contribution in [1.82, 2.24) is 19.9 Å². The molecule has 4 aromatic heterocycles. The maximum absolute atomic E-state index is 8.25. The van der Waals surface area contributed by atoms with Crippen molar-refractivity contribution < 1.29 is 26.7 Å². The molecule has 0 unspecified atom stereocenters. The summed E-state index contributed by atoms with van der Waals surface area (Å²) in [6, 6.07) is 15.9. The third-order valence-electron chi connectivity index (χ3n) is 3.39. The van der Waals surface area contributed by atoms with E-state index < -0.39 is 10.2 Å². The molecule has 4 rings (SSSR count). The van der Waals surface area contributed by atoms with E-state index in [1.54, 1.807) is 49.6 Å². The van der Waals surface area contributed by atoms with Crippen LogP contribution < -0.4 is 0 Å². The summed E-state index contributed by atoms with van der Waals surface area (Å²) in [7, 11) is 0. The van der Waals surface area contributed by atoms with Gasteiger partial charge in [0.15, 0.2) is 0 Å². The fraction of sp³-hybridized carbons (Fsp3) is 0. The Morgan fingerprint density at radius 3 is 0.667 bits per heavy atom. The summed E-state index contributed by atoms with van der Waals surface area (Å²) in [6.07, 6.45) is 14.3. The number of aromatic nitrogens is 4. The van der Waals surface area contributed by atoms with Gasteiger partial charge in [0.1, 0.15) is 0 Å². The van der Waals surface area contributed by atoms with Crippen molar-refractivity contribution in [2.24, 2.45) is 0 Å². The van der Waals surface area contributed by atoms with Crippen molar-refractivity contribution in [3.63, 3.8) is 0 Å². The zero-order valence-electron chi connectivity index (χ0n) is 16.7. The van der Waals surface area contributed by atoms with Crippen LogP contribution in [0.2, 0.25) is 0 Å².